The fraction of sp³-hybridized carbons (Fsp3) is 0.0769. The number of para-hydroxylation sites is 2. The molecule has 76 valence electrons. The average Bonchev–Trinajstić information content (AvgIpc) is 2.24. The van der Waals surface area contributed by atoms with E-state index in [1.54, 1.807) is 24.3 Å². The molecule has 2 nitrogen and oxygen atoms in total. The van der Waals surface area contributed by atoms with E-state index in [9.17, 15) is 10.2 Å². The van der Waals surface area contributed by atoms with Crippen molar-refractivity contribution in [3.05, 3.63) is 59.7 Å². The van der Waals surface area contributed by atoms with E-state index in [1.165, 1.54) is 12.1 Å². The summed E-state index contributed by atoms with van der Waals surface area (Å²) in [5.41, 5.74) is 1.33. The monoisotopic (exact) mass is 222 g/mol. The molecule has 0 aliphatic carbocycles. The molecule has 0 saturated heterocycles. The van der Waals surface area contributed by atoms with Crippen LogP contribution in [0.25, 0.3) is 0 Å². The van der Waals surface area contributed by atoms with Gasteiger partial charge < -0.3 is 10.2 Å². The summed E-state index contributed by atoms with van der Waals surface area (Å²) in [5, 5.41) is 22.9. The summed E-state index contributed by atoms with van der Waals surface area (Å²) < 4.78 is 0. The molecule has 0 aliphatic heterocycles. The second kappa shape index (κ2) is 5.77. The van der Waals surface area contributed by atoms with E-state index in [4.69, 9.17) is 0 Å². The van der Waals surface area contributed by atoms with E-state index in [1.807, 2.05) is 12.1 Å². The summed E-state index contributed by atoms with van der Waals surface area (Å²) in [7, 11) is 0. The van der Waals surface area contributed by atoms with Gasteiger partial charge in [0.25, 0.3) is 0 Å². The van der Waals surface area contributed by atoms with Crippen LogP contribution in [0, 0.1) is 0 Å². The third kappa shape index (κ3) is 2.90. The molecule has 0 unspecified atom stereocenters. The number of rotatable bonds is 2. The molecule has 0 spiro atoms. The SMILES string of the molecule is [Mg+2].[O-]c1ccccc1Cc1ccccc1[O-]. The molecule has 2 aromatic carbocycles. The summed E-state index contributed by atoms with van der Waals surface area (Å²) in [6.07, 6.45) is 0.416. The first kappa shape index (κ1) is 12.9. The molecule has 2 rings (SSSR count). The molecule has 0 atom stereocenters. The minimum absolute atomic E-state index is 0. The van der Waals surface area contributed by atoms with Crippen molar-refractivity contribution in [2.75, 3.05) is 0 Å². The van der Waals surface area contributed by atoms with Gasteiger partial charge >= 0.3 is 23.1 Å². The Morgan fingerprint density at radius 2 is 1.06 bits per heavy atom. The fourth-order valence-corrected chi connectivity index (χ4v) is 1.50. The van der Waals surface area contributed by atoms with E-state index in [2.05, 4.69) is 0 Å². The van der Waals surface area contributed by atoms with Crippen molar-refractivity contribution >= 4 is 23.1 Å². The normalized spacial score (nSPS) is 9.50. The van der Waals surface area contributed by atoms with Gasteiger partial charge in [-0.05, 0) is 6.42 Å². The zero-order valence-corrected chi connectivity index (χ0v) is 10.3. The van der Waals surface area contributed by atoms with Gasteiger partial charge in [-0.1, -0.05) is 59.7 Å². The summed E-state index contributed by atoms with van der Waals surface area (Å²) in [6.45, 7) is 0. The maximum atomic E-state index is 11.4. The molecule has 3 heteroatoms. The third-order valence-electron chi connectivity index (χ3n) is 2.33. The van der Waals surface area contributed by atoms with Crippen molar-refractivity contribution in [2.24, 2.45) is 0 Å². The van der Waals surface area contributed by atoms with Gasteiger partial charge in [-0.25, -0.2) is 0 Å². The van der Waals surface area contributed by atoms with Crippen LogP contribution in [0.1, 0.15) is 11.1 Å². The van der Waals surface area contributed by atoms with Gasteiger partial charge in [-0.2, -0.15) is 0 Å². The quantitative estimate of drug-likeness (QED) is 0.713. The second-order valence-corrected chi connectivity index (χ2v) is 3.39. The molecular weight excluding hydrogens is 212 g/mol. The van der Waals surface area contributed by atoms with E-state index in [0.717, 1.165) is 0 Å². The van der Waals surface area contributed by atoms with Gasteiger partial charge in [0.05, 0.1) is 0 Å². The van der Waals surface area contributed by atoms with Crippen molar-refractivity contribution in [1.29, 1.82) is 0 Å². The van der Waals surface area contributed by atoms with Gasteiger partial charge in [-0.15, -0.1) is 11.5 Å². The summed E-state index contributed by atoms with van der Waals surface area (Å²) in [6, 6.07) is 13.6. The predicted octanol–water partition coefficient (Wildman–Crippen LogP) is 1.04. The molecule has 0 bridgehead atoms. The molecule has 2 aromatic rings. The van der Waals surface area contributed by atoms with Crippen LogP contribution in [0.4, 0.5) is 0 Å². The largest absolute Gasteiger partial charge is 2.00 e. The first-order valence-corrected chi connectivity index (χ1v) is 4.77. The Labute approximate surface area is 111 Å². The molecule has 0 saturated carbocycles. The molecule has 0 aromatic heterocycles. The molecule has 0 radical (unpaired) electrons. The van der Waals surface area contributed by atoms with Gasteiger partial charge in [-0.3, -0.25) is 0 Å². The van der Waals surface area contributed by atoms with Gasteiger partial charge in [0.15, 0.2) is 0 Å². The van der Waals surface area contributed by atoms with Gasteiger partial charge in [0, 0.05) is 0 Å². The topological polar surface area (TPSA) is 46.1 Å². The minimum Gasteiger partial charge on any atom is -0.872 e. The van der Waals surface area contributed by atoms with Crippen molar-refractivity contribution in [3.63, 3.8) is 0 Å². The Hall–Kier alpha value is -1.19. The third-order valence-corrected chi connectivity index (χ3v) is 2.33. The van der Waals surface area contributed by atoms with Crippen LogP contribution in [-0.2, 0) is 6.42 Å². The minimum atomic E-state index is -0.0132. The van der Waals surface area contributed by atoms with E-state index < -0.39 is 0 Å². The zero-order chi connectivity index (χ0) is 10.7. The van der Waals surface area contributed by atoms with Crippen LogP contribution >= 0.6 is 0 Å². The maximum Gasteiger partial charge on any atom is 2.00 e. The van der Waals surface area contributed by atoms with Gasteiger partial charge in [0.1, 0.15) is 0 Å². The number of benzene rings is 2. The second-order valence-electron chi connectivity index (χ2n) is 3.39. The van der Waals surface area contributed by atoms with Crippen LogP contribution in [0.3, 0.4) is 0 Å². The first-order chi connectivity index (χ1) is 7.27. The molecule has 0 heterocycles. The molecule has 0 N–H and O–H groups in total. The zero-order valence-electron chi connectivity index (χ0n) is 8.85. The van der Waals surface area contributed by atoms with Crippen molar-refractivity contribution in [2.45, 2.75) is 6.42 Å². The van der Waals surface area contributed by atoms with Crippen LogP contribution in [0.15, 0.2) is 48.5 Å². The van der Waals surface area contributed by atoms with Crippen molar-refractivity contribution < 1.29 is 10.2 Å². The molecule has 0 fully saturated rings. The van der Waals surface area contributed by atoms with E-state index in [0.29, 0.717) is 17.5 Å². The van der Waals surface area contributed by atoms with Gasteiger partial charge in [0.2, 0.25) is 0 Å². The molecule has 16 heavy (non-hydrogen) atoms. The van der Waals surface area contributed by atoms with Crippen LogP contribution < -0.4 is 10.2 Å². The smallest absolute Gasteiger partial charge is 0.872 e. The van der Waals surface area contributed by atoms with Crippen molar-refractivity contribution in [1.82, 2.24) is 0 Å². The van der Waals surface area contributed by atoms with Crippen LogP contribution in [0.2, 0.25) is 0 Å². The summed E-state index contributed by atoms with van der Waals surface area (Å²) in [5.74, 6) is -0.0264. The molecule has 0 aliphatic rings. The Balaban J connectivity index is 0.00000128. The van der Waals surface area contributed by atoms with E-state index in [-0.39, 0.29) is 34.6 Å². The van der Waals surface area contributed by atoms with E-state index >= 15 is 0 Å². The maximum absolute atomic E-state index is 11.4. The molecule has 0 amide bonds. The average molecular weight is 223 g/mol. The predicted molar refractivity (Wildman–Crippen MR) is 60.3 cm³/mol. The Morgan fingerprint density at radius 1 is 0.688 bits per heavy atom. The fourth-order valence-electron chi connectivity index (χ4n) is 1.50. The summed E-state index contributed by atoms with van der Waals surface area (Å²) in [4.78, 5) is 0. The standard InChI is InChI=1S/C13H12O2.Mg/c14-12-7-3-1-5-10(12)9-11-6-2-4-8-13(11)15;/h1-8,14-15H,9H2;/q;+2/p-2. The van der Waals surface area contributed by atoms with Crippen LogP contribution in [-0.4, -0.2) is 23.1 Å². The Kier molecular flexibility index (Phi) is 4.64. The van der Waals surface area contributed by atoms with Crippen LogP contribution in [0.5, 0.6) is 11.5 Å². The number of hydrogen-bond acceptors (Lipinski definition) is 2. The summed E-state index contributed by atoms with van der Waals surface area (Å²) >= 11 is 0. The number of hydrogen-bond donors (Lipinski definition) is 0. The first-order valence-electron chi connectivity index (χ1n) is 4.77. The molecular formula is C13H10MgO2. The Morgan fingerprint density at radius 3 is 1.44 bits per heavy atom. The van der Waals surface area contributed by atoms with Crippen molar-refractivity contribution in [3.8, 4) is 11.5 Å². The Bertz CT molecular complexity index is 425.